The van der Waals surface area contributed by atoms with Crippen LogP contribution < -0.4 is 10.6 Å². The molecule has 6 heteroatoms. The van der Waals surface area contributed by atoms with E-state index in [1.54, 1.807) is 7.05 Å². The van der Waals surface area contributed by atoms with Gasteiger partial charge in [-0.25, -0.2) is 0 Å². The van der Waals surface area contributed by atoms with Crippen molar-refractivity contribution in [3.63, 3.8) is 0 Å². The van der Waals surface area contributed by atoms with Crippen molar-refractivity contribution in [3.05, 3.63) is 34.9 Å². The van der Waals surface area contributed by atoms with Crippen LogP contribution in [0.25, 0.3) is 0 Å². The van der Waals surface area contributed by atoms with Crippen LogP contribution in [0.5, 0.6) is 0 Å². The zero-order valence-corrected chi connectivity index (χ0v) is 13.7. The first-order chi connectivity index (χ1) is 10.6. The van der Waals surface area contributed by atoms with E-state index in [2.05, 4.69) is 26.4 Å². The molecule has 0 atom stereocenters. The summed E-state index contributed by atoms with van der Waals surface area (Å²) in [5, 5.41) is 7.20. The third kappa shape index (κ3) is 4.37. The maximum atomic E-state index is 11.1. The number of benzene rings is 1. The molecular formula is C16H22ClN3O2. The third-order valence-electron chi connectivity index (χ3n) is 3.96. The fraction of sp³-hybridized carbons (Fsp3) is 0.500. The van der Waals surface area contributed by atoms with E-state index in [0.717, 1.165) is 24.4 Å². The van der Waals surface area contributed by atoms with Gasteiger partial charge >= 0.3 is 5.97 Å². The van der Waals surface area contributed by atoms with Gasteiger partial charge in [0.2, 0.25) is 0 Å². The van der Waals surface area contributed by atoms with Gasteiger partial charge in [-0.3, -0.25) is 9.79 Å². The van der Waals surface area contributed by atoms with Crippen molar-refractivity contribution >= 4 is 23.5 Å². The topological polar surface area (TPSA) is 62.7 Å². The third-order valence-corrected chi connectivity index (χ3v) is 4.19. The van der Waals surface area contributed by atoms with Crippen LogP contribution >= 0.6 is 11.6 Å². The van der Waals surface area contributed by atoms with Gasteiger partial charge in [-0.2, -0.15) is 0 Å². The smallest absolute Gasteiger partial charge is 0.307 e. The molecule has 0 spiro atoms. The van der Waals surface area contributed by atoms with Crippen LogP contribution in [0.4, 0.5) is 0 Å². The van der Waals surface area contributed by atoms with E-state index in [-0.39, 0.29) is 11.4 Å². The molecule has 0 bridgehead atoms. The Kier molecular flexibility index (Phi) is 5.66. The maximum Gasteiger partial charge on any atom is 0.307 e. The molecule has 1 aliphatic rings. The molecule has 1 aliphatic carbocycles. The van der Waals surface area contributed by atoms with Crippen molar-refractivity contribution < 1.29 is 9.53 Å². The first kappa shape index (κ1) is 16.6. The van der Waals surface area contributed by atoms with E-state index >= 15 is 0 Å². The molecule has 0 amide bonds. The van der Waals surface area contributed by atoms with Crippen LogP contribution in [-0.2, 0) is 14.9 Å². The second kappa shape index (κ2) is 7.49. The molecule has 2 N–H and O–H groups in total. The molecule has 120 valence electrons. The zero-order valence-electron chi connectivity index (χ0n) is 13.0. The normalized spacial score (nSPS) is 16.0. The Hall–Kier alpha value is -1.75. The molecule has 2 rings (SSSR count). The van der Waals surface area contributed by atoms with E-state index in [1.165, 1.54) is 12.7 Å². The van der Waals surface area contributed by atoms with Crippen molar-refractivity contribution in [2.75, 3.05) is 27.2 Å². The van der Waals surface area contributed by atoms with Crippen LogP contribution in [-0.4, -0.2) is 39.2 Å². The van der Waals surface area contributed by atoms with E-state index < -0.39 is 0 Å². The van der Waals surface area contributed by atoms with Gasteiger partial charge in [0.15, 0.2) is 5.96 Å². The standard InChI is InChI=1S/C16H22ClN3O2/c1-18-15(19-9-6-14(21)22-2)20-11-16(7-8-16)12-4-3-5-13(17)10-12/h3-5,10H,6-9,11H2,1-2H3,(H2,18,19,20). The molecule has 1 aromatic carbocycles. The van der Waals surface area contributed by atoms with Crippen LogP contribution in [0.15, 0.2) is 29.3 Å². The van der Waals surface area contributed by atoms with Crippen LogP contribution in [0, 0.1) is 0 Å². The Morgan fingerprint density at radius 2 is 2.18 bits per heavy atom. The molecule has 0 unspecified atom stereocenters. The van der Waals surface area contributed by atoms with Crippen molar-refractivity contribution in [3.8, 4) is 0 Å². The molecule has 1 fully saturated rings. The number of hydrogen-bond donors (Lipinski definition) is 2. The number of carbonyl (C=O) groups is 1. The van der Waals surface area contributed by atoms with Gasteiger partial charge in [-0.1, -0.05) is 23.7 Å². The maximum absolute atomic E-state index is 11.1. The highest BCUT2D eigenvalue weighted by atomic mass is 35.5. The fourth-order valence-corrected chi connectivity index (χ4v) is 2.59. The molecule has 0 heterocycles. The summed E-state index contributed by atoms with van der Waals surface area (Å²) in [6.45, 7) is 1.29. The molecule has 22 heavy (non-hydrogen) atoms. The quantitative estimate of drug-likeness (QED) is 0.478. The molecule has 5 nitrogen and oxygen atoms in total. The van der Waals surface area contributed by atoms with E-state index in [1.807, 2.05) is 18.2 Å². The van der Waals surface area contributed by atoms with Gasteiger partial charge in [-0.05, 0) is 30.5 Å². The number of aliphatic imine (C=N–C) groups is 1. The highest BCUT2D eigenvalue weighted by Gasteiger charge is 2.44. The molecule has 1 aromatic rings. The van der Waals surface area contributed by atoms with Crippen molar-refractivity contribution in [1.82, 2.24) is 10.6 Å². The Morgan fingerprint density at radius 1 is 1.41 bits per heavy atom. The number of rotatable bonds is 6. The Bertz CT molecular complexity index is 556. The number of halogens is 1. The lowest BCUT2D eigenvalue weighted by Gasteiger charge is -2.19. The predicted octanol–water partition coefficient (Wildman–Crippen LogP) is 2.10. The highest BCUT2D eigenvalue weighted by Crippen LogP contribution is 2.48. The zero-order chi connectivity index (χ0) is 16.0. The van der Waals surface area contributed by atoms with Crippen LogP contribution in [0.2, 0.25) is 5.02 Å². The summed E-state index contributed by atoms with van der Waals surface area (Å²) in [6.07, 6.45) is 2.59. The first-order valence-electron chi connectivity index (χ1n) is 7.37. The summed E-state index contributed by atoms with van der Waals surface area (Å²) in [6, 6.07) is 8.03. The Morgan fingerprint density at radius 3 is 2.77 bits per heavy atom. The number of methoxy groups -OCH3 is 1. The lowest BCUT2D eigenvalue weighted by Crippen LogP contribution is -2.42. The number of nitrogens with one attached hydrogen (secondary N) is 2. The Balaban J connectivity index is 1.84. The summed E-state index contributed by atoms with van der Waals surface area (Å²) >= 11 is 6.08. The second-order valence-corrected chi connectivity index (χ2v) is 5.91. The van der Waals surface area contributed by atoms with Gasteiger partial charge < -0.3 is 15.4 Å². The van der Waals surface area contributed by atoms with Crippen molar-refractivity contribution in [2.45, 2.75) is 24.7 Å². The average Bonchev–Trinajstić information content (AvgIpc) is 3.31. The van der Waals surface area contributed by atoms with Gasteiger partial charge in [0, 0.05) is 30.6 Å². The molecule has 0 radical (unpaired) electrons. The molecule has 1 saturated carbocycles. The van der Waals surface area contributed by atoms with Crippen molar-refractivity contribution in [1.29, 1.82) is 0 Å². The Labute approximate surface area is 136 Å². The van der Waals surface area contributed by atoms with Crippen LogP contribution in [0.3, 0.4) is 0 Å². The van der Waals surface area contributed by atoms with Gasteiger partial charge in [0.05, 0.1) is 13.5 Å². The number of hydrogen-bond acceptors (Lipinski definition) is 3. The second-order valence-electron chi connectivity index (χ2n) is 5.47. The van der Waals surface area contributed by atoms with Gasteiger partial charge in [-0.15, -0.1) is 0 Å². The fourth-order valence-electron chi connectivity index (χ4n) is 2.40. The highest BCUT2D eigenvalue weighted by molar-refractivity contribution is 6.30. The monoisotopic (exact) mass is 323 g/mol. The van der Waals surface area contributed by atoms with Gasteiger partial charge in [0.1, 0.15) is 0 Å². The minimum absolute atomic E-state index is 0.144. The summed E-state index contributed by atoms with van der Waals surface area (Å²) in [5.74, 6) is 0.456. The summed E-state index contributed by atoms with van der Waals surface area (Å²) < 4.78 is 4.61. The molecular weight excluding hydrogens is 302 g/mol. The minimum atomic E-state index is -0.236. The first-order valence-corrected chi connectivity index (χ1v) is 7.75. The summed E-state index contributed by atoms with van der Waals surface area (Å²) in [7, 11) is 3.10. The van der Waals surface area contributed by atoms with Crippen LogP contribution in [0.1, 0.15) is 24.8 Å². The van der Waals surface area contributed by atoms with Crippen molar-refractivity contribution in [2.24, 2.45) is 4.99 Å². The van der Waals surface area contributed by atoms with E-state index in [4.69, 9.17) is 11.6 Å². The minimum Gasteiger partial charge on any atom is -0.469 e. The number of esters is 1. The molecule has 0 saturated heterocycles. The lowest BCUT2D eigenvalue weighted by molar-refractivity contribution is -0.140. The van der Waals surface area contributed by atoms with E-state index in [9.17, 15) is 4.79 Å². The number of guanidine groups is 1. The van der Waals surface area contributed by atoms with Gasteiger partial charge in [0.25, 0.3) is 0 Å². The molecule has 0 aliphatic heterocycles. The lowest BCUT2D eigenvalue weighted by atomic mass is 9.96. The number of nitrogens with zero attached hydrogens (tertiary/aromatic N) is 1. The largest absolute Gasteiger partial charge is 0.469 e. The SMILES string of the molecule is CN=C(NCCC(=O)OC)NCC1(c2cccc(Cl)c2)CC1. The molecule has 0 aromatic heterocycles. The number of ether oxygens (including phenoxy) is 1. The average molecular weight is 324 g/mol. The number of carbonyl (C=O) groups excluding carboxylic acids is 1. The summed E-state index contributed by atoms with van der Waals surface area (Å²) in [4.78, 5) is 15.3. The predicted molar refractivity (Wildman–Crippen MR) is 88.4 cm³/mol. The van der Waals surface area contributed by atoms with E-state index in [0.29, 0.717) is 18.9 Å². The summed E-state index contributed by atoms with van der Waals surface area (Å²) in [5.41, 5.74) is 1.41.